The Morgan fingerprint density at radius 1 is 0.662 bits per heavy atom. The van der Waals surface area contributed by atoms with Crippen molar-refractivity contribution in [3.63, 3.8) is 0 Å². The number of carbonyl (C=O) groups is 7. The van der Waals surface area contributed by atoms with Crippen LogP contribution in [0.25, 0.3) is 10.8 Å². The number of nitrogens with one attached hydrogen (secondary N) is 2. The Bertz CT molecular complexity index is 3200. The number of ether oxygens (including phenoxy) is 4. The minimum absolute atomic E-state index is 0.0471. The summed E-state index contributed by atoms with van der Waals surface area (Å²) in [5.74, 6) is -5.72. The lowest BCUT2D eigenvalue weighted by Crippen LogP contribution is -2.62. The first kappa shape index (κ1) is 55.0. The van der Waals surface area contributed by atoms with Crippen LogP contribution in [-0.2, 0) is 30.3 Å². The van der Waals surface area contributed by atoms with Gasteiger partial charge in [0.1, 0.15) is 24.6 Å². The van der Waals surface area contributed by atoms with Crippen LogP contribution >= 0.6 is 0 Å². The summed E-state index contributed by atoms with van der Waals surface area (Å²) in [5.41, 5.74) is -0.145. The molecule has 0 bridgehead atoms. The Morgan fingerprint density at radius 3 is 1.61 bits per heavy atom. The van der Waals surface area contributed by atoms with Gasteiger partial charge in [-0.05, 0) is 53.8 Å². The summed E-state index contributed by atoms with van der Waals surface area (Å²) < 4.78 is 21.7. The number of fused-ring (bicyclic) bond motifs is 2. The fourth-order valence-electron chi connectivity index (χ4n) is 9.00. The molecule has 7 rings (SSSR count). The van der Waals surface area contributed by atoms with Crippen molar-refractivity contribution in [3.05, 3.63) is 173 Å². The Hall–Kier alpha value is -9.78. The second-order valence-corrected chi connectivity index (χ2v) is 18.8. The molecule has 2 aliphatic rings. The van der Waals surface area contributed by atoms with E-state index in [0.717, 1.165) is 77.0 Å². The number of quaternary nitrogens is 1. The number of rotatable bonds is 17. The van der Waals surface area contributed by atoms with E-state index in [1.54, 1.807) is 6.07 Å². The number of hydrogen-bond acceptors (Lipinski definition) is 18. The highest BCUT2D eigenvalue weighted by molar-refractivity contribution is 6.08. The minimum Gasteiger partial charge on any atom is -0.488 e. The number of nitrogens with zero attached hydrogens (tertiary/aromatic N) is 6. The lowest BCUT2D eigenvalue weighted by Gasteiger charge is -2.47. The number of hydrogen-bond donors (Lipinski definition) is 2. The van der Waals surface area contributed by atoms with E-state index in [4.69, 9.17) is 18.9 Å². The largest absolute Gasteiger partial charge is 0.488 e. The number of aliphatic imine (C=N–C) groups is 1. The van der Waals surface area contributed by atoms with Crippen molar-refractivity contribution in [1.82, 2.24) is 15.5 Å². The molecule has 3 amide bonds. The summed E-state index contributed by atoms with van der Waals surface area (Å²) in [6.07, 6.45) is -2.51. The summed E-state index contributed by atoms with van der Waals surface area (Å²) in [5, 5.41) is 39.0. The number of guanidine groups is 1. The van der Waals surface area contributed by atoms with Gasteiger partial charge >= 0.3 is 36.1 Å². The molecule has 0 aliphatic carbocycles. The molecule has 5 aromatic rings. The van der Waals surface area contributed by atoms with Crippen LogP contribution in [0.5, 0.6) is 5.75 Å². The second kappa shape index (κ2) is 23.2. The standard InChI is InChI=1S/C52H48N8O17/c1-29(2)42-43-30(3)40(44(56(43)45(42)61)49(65)75-46(62)31-13-19-35(20-14-31)57(68)69)28-74-41-12-7-10-38-34(9-6-11-39(38)41)27-60(4,5)26-8-25-53-50(54-51(66)76-47(63)32-15-21-36(22-16-32)58(70)71)55-52(67)77-48(64)33-17-23-37(24-18-33)59(72)73/h6-7,9-24,29-30,42-43H,8,25-28H2,1-5H3,(H-,53,54,55,66,67)/p+1/t30-,42+,43+/m0/s1. The van der Waals surface area contributed by atoms with Gasteiger partial charge in [-0.2, -0.15) is 0 Å². The van der Waals surface area contributed by atoms with E-state index in [0.29, 0.717) is 35.3 Å². The number of alkyl carbamates (subject to hydrolysis) is 2. The van der Waals surface area contributed by atoms with Crippen molar-refractivity contribution in [2.75, 3.05) is 33.8 Å². The molecule has 77 heavy (non-hydrogen) atoms. The normalized spacial score (nSPS) is 15.6. The number of benzene rings is 5. The van der Waals surface area contributed by atoms with E-state index < -0.39 is 62.7 Å². The zero-order valence-electron chi connectivity index (χ0n) is 41.9. The number of non-ortho nitro benzene ring substituents is 3. The van der Waals surface area contributed by atoms with Crippen molar-refractivity contribution < 1.29 is 71.8 Å². The first-order chi connectivity index (χ1) is 36.5. The van der Waals surface area contributed by atoms with Crippen molar-refractivity contribution >= 4 is 75.8 Å². The lowest BCUT2D eigenvalue weighted by atomic mass is 9.74. The number of nitro benzene ring substituents is 3. The molecule has 3 atom stereocenters. The molecule has 2 N–H and O–H groups in total. The molecular weight excluding hydrogens is 1010 g/mol. The average Bonchev–Trinajstić information content (AvgIpc) is 3.63. The van der Waals surface area contributed by atoms with Gasteiger partial charge in [0.25, 0.3) is 17.1 Å². The van der Waals surface area contributed by atoms with Gasteiger partial charge in [-0.25, -0.2) is 28.8 Å². The third kappa shape index (κ3) is 12.8. The molecule has 2 heterocycles. The highest BCUT2D eigenvalue weighted by Crippen LogP contribution is 2.49. The molecular formula is C52H49N8O17+. The molecule has 25 heteroatoms. The number of carbonyl (C=O) groups excluding carboxylic acids is 7. The summed E-state index contributed by atoms with van der Waals surface area (Å²) in [7, 11) is 3.91. The first-order valence-corrected chi connectivity index (χ1v) is 23.7. The van der Waals surface area contributed by atoms with Gasteiger partial charge < -0.3 is 28.3 Å². The zero-order valence-corrected chi connectivity index (χ0v) is 41.9. The smallest absolute Gasteiger partial charge is 0.421 e. The maximum Gasteiger partial charge on any atom is 0.421 e. The van der Waals surface area contributed by atoms with Gasteiger partial charge in [0.2, 0.25) is 11.9 Å². The van der Waals surface area contributed by atoms with E-state index in [9.17, 15) is 63.9 Å². The molecule has 5 aromatic carbocycles. The average molecular weight is 1060 g/mol. The zero-order chi connectivity index (χ0) is 55.9. The lowest BCUT2D eigenvalue weighted by molar-refractivity contribution is -0.903. The highest BCUT2D eigenvalue weighted by Gasteiger charge is 2.59. The Balaban J connectivity index is 1.03. The molecule has 0 aromatic heterocycles. The topological polar surface area (TPSA) is 325 Å². The van der Waals surface area contributed by atoms with Crippen LogP contribution in [0.2, 0.25) is 0 Å². The summed E-state index contributed by atoms with van der Waals surface area (Å²) in [4.78, 5) is 128. The van der Waals surface area contributed by atoms with Gasteiger partial charge in [-0.3, -0.25) is 50.8 Å². The van der Waals surface area contributed by atoms with Gasteiger partial charge in [0, 0.05) is 71.8 Å². The summed E-state index contributed by atoms with van der Waals surface area (Å²) in [6.45, 7) is 6.45. The van der Waals surface area contributed by atoms with Crippen molar-refractivity contribution in [3.8, 4) is 5.75 Å². The molecule has 0 unspecified atom stereocenters. The number of amides is 3. The van der Waals surface area contributed by atoms with Crippen LogP contribution < -0.4 is 15.4 Å². The van der Waals surface area contributed by atoms with Crippen molar-refractivity contribution in [2.24, 2.45) is 22.7 Å². The third-order valence-corrected chi connectivity index (χ3v) is 12.8. The molecule has 0 radical (unpaired) electrons. The van der Waals surface area contributed by atoms with Crippen LogP contribution in [-0.4, -0.2) is 112 Å². The highest BCUT2D eigenvalue weighted by atomic mass is 16.6. The Kier molecular flexibility index (Phi) is 16.6. The third-order valence-electron chi connectivity index (χ3n) is 12.8. The van der Waals surface area contributed by atoms with Crippen molar-refractivity contribution in [2.45, 2.75) is 39.8 Å². The van der Waals surface area contributed by atoms with Crippen molar-refractivity contribution in [1.29, 1.82) is 0 Å². The van der Waals surface area contributed by atoms with Crippen LogP contribution in [0.3, 0.4) is 0 Å². The fraction of sp³-hybridized carbons (Fsp3) is 0.269. The summed E-state index contributed by atoms with van der Waals surface area (Å²) in [6, 6.07) is 23.7. The molecule has 1 fully saturated rings. The first-order valence-electron chi connectivity index (χ1n) is 23.7. The minimum atomic E-state index is -1.42. The molecule has 2 aliphatic heterocycles. The number of β-lactam (4-membered cyclic amide) rings is 1. The molecule has 398 valence electrons. The number of nitro groups is 3. The van der Waals surface area contributed by atoms with E-state index in [1.807, 2.05) is 65.2 Å². The van der Waals surface area contributed by atoms with Crippen LogP contribution in [0, 0.1) is 48.1 Å². The maximum absolute atomic E-state index is 13.8. The fourth-order valence-corrected chi connectivity index (χ4v) is 9.00. The van der Waals surface area contributed by atoms with E-state index in [-0.39, 0.29) is 76.4 Å². The quantitative estimate of drug-likeness (QED) is 0.00890. The van der Waals surface area contributed by atoms with Crippen LogP contribution in [0.1, 0.15) is 63.8 Å². The summed E-state index contributed by atoms with van der Waals surface area (Å²) >= 11 is 0. The molecule has 0 saturated carbocycles. The number of esters is 4. The Morgan fingerprint density at radius 2 is 1.13 bits per heavy atom. The van der Waals surface area contributed by atoms with Gasteiger partial charge in [0.05, 0.1) is 64.1 Å². The van der Waals surface area contributed by atoms with Gasteiger partial charge in [0.15, 0.2) is 0 Å². The van der Waals surface area contributed by atoms with Gasteiger partial charge in [-0.15, -0.1) is 0 Å². The van der Waals surface area contributed by atoms with E-state index in [1.165, 1.54) is 17.0 Å². The molecule has 25 nitrogen and oxygen atoms in total. The monoisotopic (exact) mass is 1060 g/mol. The van der Waals surface area contributed by atoms with Gasteiger partial charge in [-0.1, -0.05) is 51.1 Å². The SMILES string of the molecule is CC(C)[C@H]1C(=O)N2C(C(=O)OC(=O)c3ccc([N+](=O)[O-])cc3)=C(COc3cccc4c(C[N+](C)(C)CCCN=C(NC(=O)OC(=O)c5ccc([N+](=O)[O-])cc5)NC(=O)OC(=O)c5ccc([N+](=O)[O-])cc5)cccc34)[C@H](C)[C@H]12. The second-order valence-electron chi connectivity index (χ2n) is 18.8. The van der Waals surface area contributed by atoms with Crippen LogP contribution in [0.4, 0.5) is 26.7 Å². The van der Waals surface area contributed by atoms with E-state index >= 15 is 0 Å². The molecule has 0 spiro atoms. The van der Waals surface area contributed by atoms with Crippen LogP contribution in [0.15, 0.2) is 125 Å². The predicted molar refractivity (Wildman–Crippen MR) is 270 cm³/mol. The Labute approximate surface area is 437 Å². The van der Waals surface area contributed by atoms with E-state index in [2.05, 4.69) is 15.6 Å². The predicted octanol–water partition coefficient (Wildman–Crippen LogP) is 7.17. The maximum atomic E-state index is 13.8. The molecule has 1 saturated heterocycles.